The molecule has 0 aliphatic carbocycles. The largest absolute Gasteiger partial charge is 0.437 e. The number of aromatic nitrogens is 4. The first-order chi connectivity index (χ1) is 14.5. The third-order valence-electron chi connectivity index (χ3n) is 5.54. The molecule has 9 nitrogen and oxygen atoms in total. The van der Waals surface area contributed by atoms with Crippen LogP contribution in [0.4, 0.5) is 11.5 Å². The van der Waals surface area contributed by atoms with E-state index in [1.54, 1.807) is 17.2 Å². The van der Waals surface area contributed by atoms with Crippen molar-refractivity contribution in [3.8, 4) is 11.5 Å². The van der Waals surface area contributed by atoms with Crippen molar-refractivity contribution in [2.24, 2.45) is 7.05 Å². The predicted octanol–water partition coefficient (Wildman–Crippen LogP) is 2.18. The summed E-state index contributed by atoms with van der Waals surface area (Å²) in [5.74, 6) is 0.281. The lowest BCUT2D eigenvalue weighted by Crippen LogP contribution is -2.39. The Morgan fingerprint density at radius 3 is 2.90 bits per heavy atom. The van der Waals surface area contributed by atoms with Gasteiger partial charge in [0.2, 0.25) is 5.89 Å². The van der Waals surface area contributed by atoms with Gasteiger partial charge in [0.15, 0.2) is 5.16 Å². The van der Waals surface area contributed by atoms with E-state index in [-0.39, 0.29) is 17.8 Å². The Balaban J connectivity index is 1.58. The fourth-order valence-corrected chi connectivity index (χ4v) is 4.40. The van der Waals surface area contributed by atoms with Crippen molar-refractivity contribution in [3.05, 3.63) is 46.6 Å². The first-order valence-electron chi connectivity index (χ1n) is 9.69. The summed E-state index contributed by atoms with van der Waals surface area (Å²) in [6.07, 6.45) is 5.61. The van der Waals surface area contributed by atoms with Crippen molar-refractivity contribution in [1.82, 2.24) is 19.7 Å². The third-order valence-corrected chi connectivity index (χ3v) is 6.10. The second-order valence-electron chi connectivity index (χ2n) is 7.35. The van der Waals surface area contributed by atoms with E-state index in [1.807, 2.05) is 24.5 Å². The Kier molecular flexibility index (Phi) is 4.58. The molecule has 0 unspecified atom stereocenters. The van der Waals surface area contributed by atoms with Crippen LogP contribution in [0.15, 0.2) is 44.8 Å². The fraction of sp³-hybridized carbons (Fsp3) is 0.350. The molecule has 0 saturated carbocycles. The molecule has 2 aromatic heterocycles. The summed E-state index contributed by atoms with van der Waals surface area (Å²) < 4.78 is 6.35. The quantitative estimate of drug-likeness (QED) is 0.466. The lowest BCUT2D eigenvalue weighted by Gasteiger charge is -2.27. The molecule has 154 valence electrons. The molecule has 0 radical (unpaired) electrons. The van der Waals surface area contributed by atoms with Crippen molar-refractivity contribution in [2.75, 3.05) is 29.1 Å². The van der Waals surface area contributed by atoms with Gasteiger partial charge in [-0.3, -0.25) is 4.79 Å². The average molecular weight is 424 g/mol. The lowest BCUT2D eigenvalue weighted by molar-refractivity contribution is 0.0988. The summed E-state index contributed by atoms with van der Waals surface area (Å²) in [6.45, 7) is 1.43. The van der Waals surface area contributed by atoms with E-state index >= 15 is 0 Å². The maximum atomic E-state index is 13.5. The van der Waals surface area contributed by atoms with E-state index in [1.165, 1.54) is 18.8 Å². The Morgan fingerprint density at radius 2 is 2.13 bits per heavy atom. The van der Waals surface area contributed by atoms with Gasteiger partial charge < -0.3 is 14.2 Å². The number of carbonyl (C=O) groups is 1. The summed E-state index contributed by atoms with van der Waals surface area (Å²) in [4.78, 5) is 38.1. The van der Waals surface area contributed by atoms with E-state index in [0.29, 0.717) is 22.8 Å². The van der Waals surface area contributed by atoms with Crippen LogP contribution in [-0.4, -0.2) is 51.0 Å². The standard InChI is InChI=1S/C20H20N6O3S/c1-24-20(28)29-17(23-24)12-5-3-6-13(9-12)26-11-14-7-4-8-25(14)16-15(18(26)27)10-21-19(22-16)30-2/h3,5-6,9-10,14H,4,7-8,11H2,1-2H3/t14-/m0/s1. The number of thioether (sulfide) groups is 1. The maximum absolute atomic E-state index is 13.5. The molecule has 2 aliphatic rings. The SMILES string of the molecule is CSc1ncc2c(n1)N1CCC[C@H]1CN(c1cccc(-c3nn(C)c(=O)o3)c1)C2=O. The fourth-order valence-electron chi connectivity index (χ4n) is 4.06. The molecular formula is C20H20N6O3S. The molecule has 1 saturated heterocycles. The minimum Gasteiger partial charge on any atom is -0.388 e. The van der Waals surface area contributed by atoms with Crippen LogP contribution in [0.5, 0.6) is 0 Å². The maximum Gasteiger partial charge on any atom is 0.437 e. The van der Waals surface area contributed by atoms with Crippen LogP contribution >= 0.6 is 11.8 Å². The van der Waals surface area contributed by atoms with Gasteiger partial charge in [-0.2, -0.15) is 4.68 Å². The van der Waals surface area contributed by atoms with Gasteiger partial charge in [0.25, 0.3) is 5.91 Å². The number of rotatable bonds is 3. The van der Waals surface area contributed by atoms with Gasteiger partial charge >= 0.3 is 5.76 Å². The normalized spacial score (nSPS) is 18.3. The van der Waals surface area contributed by atoms with Gasteiger partial charge in [-0.25, -0.2) is 14.8 Å². The predicted molar refractivity (Wildman–Crippen MR) is 113 cm³/mol. The molecule has 30 heavy (non-hydrogen) atoms. The summed E-state index contributed by atoms with van der Waals surface area (Å²) >= 11 is 1.47. The molecule has 1 atom stereocenters. The first-order valence-corrected chi connectivity index (χ1v) is 10.9. The van der Waals surface area contributed by atoms with Gasteiger partial charge in [0, 0.05) is 43.6 Å². The number of amides is 1. The number of anilines is 2. The molecule has 0 bridgehead atoms. The van der Waals surface area contributed by atoms with Crippen molar-refractivity contribution in [2.45, 2.75) is 24.0 Å². The van der Waals surface area contributed by atoms with E-state index in [9.17, 15) is 9.59 Å². The summed E-state index contributed by atoms with van der Waals surface area (Å²) in [6, 6.07) is 7.53. The molecule has 4 heterocycles. The molecule has 3 aromatic rings. The van der Waals surface area contributed by atoms with Crippen LogP contribution in [0.3, 0.4) is 0 Å². The highest BCUT2D eigenvalue weighted by Crippen LogP contribution is 2.35. The molecule has 5 rings (SSSR count). The molecule has 2 aliphatic heterocycles. The van der Waals surface area contributed by atoms with Crippen molar-refractivity contribution < 1.29 is 9.21 Å². The van der Waals surface area contributed by atoms with Crippen LogP contribution < -0.4 is 15.6 Å². The van der Waals surface area contributed by atoms with Crippen LogP contribution in [-0.2, 0) is 7.05 Å². The number of hydrogen-bond acceptors (Lipinski definition) is 8. The van der Waals surface area contributed by atoms with Gasteiger partial charge in [0.05, 0.1) is 0 Å². The molecule has 10 heteroatoms. The molecule has 1 amide bonds. The monoisotopic (exact) mass is 424 g/mol. The van der Waals surface area contributed by atoms with Crippen molar-refractivity contribution in [1.29, 1.82) is 0 Å². The highest BCUT2D eigenvalue weighted by atomic mass is 32.2. The Morgan fingerprint density at radius 1 is 1.27 bits per heavy atom. The topological polar surface area (TPSA) is 97.4 Å². The Labute approximate surface area is 176 Å². The number of hydrogen-bond donors (Lipinski definition) is 0. The van der Waals surface area contributed by atoms with E-state index in [2.05, 4.69) is 20.0 Å². The molecular weight excluding hydrogens is 404 g/mol. The highest BCUT2D eigenvalue weighted by molar-refractivity contribution is 7.98. The minimum absolute atomic E-state index is 0.133. The minimum atomic E-state index is -0.529. The van der Waals surface area contributed by atoms with E-state index in [0.717, 1.165) is 35.6 Å². The Bertz CT molecular complexity index is 1190. The van der Waals surface area contributed by atoms with Gasteiger partial charge in [0.1, 0.15) is 11.4 Å². The van der Waals surface area contributed by atoms with Crippen molar-refractivity contribution >= 4 is 29.2 Å². The first kappa shape index (κ1) is 18.9. The van der Waals surface area contributed by atoms with Crippen molar-refractivity contribution in [3.63, 3.8) is 0 Å². The number of aryl methyl sites for hydroxylation is 1. The highest BCUT2D eigenvalue weighted by Gasteiger charge is 2.37. The van der Waals surface area contributed by atoms with Gasteiger partial charge in [-0.15, -0.1) is 5.10 Å². The summed E-state index contributed by atoms with van der Waals surface area (Å²) in [5, 5.41) is 4.78. The summed E-state index contributed by atoms with van der Waals surface area (Å²) in [7, 11) is 1.53. The molecule has 1 aromatic carbocycles. The second-order valence-corrected chi connectivity index (χ2v) is 8.12. The van der Waals surface area contributed by atoms with Gasteiger partial charge in [-0.05, 0) is 37.3 Å². The van der Waals surface area contributed by atoms with Crippen LogP contribution in [0.25, 0.3) is 11.5 Å². The smallest absolute Gasteiger partial charge is 0.388 e. The number of fused-ring (bicyclic) bond motifs is 3. The van der Waals surface area contributed by atoms with E-state index in [4.69, 9.17) is 4.42 Å². The molecule has 1 fully saturated rings. The zero-order valence-corrected chi connectivity index (χ0v) is 17.4. The zero-order chi connectivity index (χ0) is 20.8. The summed E-state index contributed by atoms with van der Waals surface area (Å²) in [5.41, 5.74) is 1.87. The zero-order valence-electron chi connectivity index (χ0n) is 16.6. The average Bonchev–Trinajstić information content (AvgIpc) is 3.34. The van der Waals surface area contributed by atoms with Crippen LogP contribution in [0, 0.1) is 0 Å². The third kappa shape index (κ3) is 3.07. The molecule has 0 N–H and O–H groups in total. The molecule has 0 spiro atoms. The van der Waals surface area contributed by atoms with Crippen LogP contribution in [0.1, 0.15) is 23.2 Å². The number of benzene rings is 1. The van der Waals surface area contributed by atoms with Gasteiger partial charge in [-0.1, -0.05) is 17.8 Å². The lowest BCUT2D eigenvalue weighted by atomic mass is 10.1. The number of carbonyl (C=O) groups excluding carboxylic acids is 1. The van der Waals surface area contributed by atoms with Crippen LogP contribution in [0.2, 0.25) is 0 Å². The second kappa shape index (κ2) is 7.28. The number of nitrogens with zero attached hydrogens (tertiary/aromatic N) is 6. The Hall–Kier alpha value is -3.14. The van der Waals surface area contributed by atoms with E-state index < -0.39 is 5.76 Å².